The predicted molar refractivity (Wildman–Crippen MR) is 57.3 cm³/mol. The summed E-state index contributed by atoms with van der Waals surface area (Å²) in [6.45, 7) is 1.74. The van der Waals surface area contributed by atoms with Crippen LogP contribution in [0, 0.1) is 5.41 Å². The fourth-order valence-corrected chi connectivity index (χ4v) is 2.33. The Morgan fingerprint density at radius 2 is 2.36 bits per heavy atom. The summed E-state index contributed by atoms with van der Waals surface area (Å²) in [5.74, 6) is 0. The van der Waals surface area contributed by atoms with Crippen LogP contribution in [0.15, 0.2) is 17.3 Å². The first-order valence-electron chi connectivity index (χ1n) is 5.33. The lowest BCUT2D eigenvalue weighted by atomic mass is 9.68. The van der Waals surface area contributed by atoms with E-state index >= 15 is 0 Å². The second kappa shape index (κ2) is 4.13. The predicted octanol–water partition coefficient (Wildman–Crippen LogP) is 1.49. The third-order valence-corrected chi connectivity index (χ3v) is 3.31. The van der Waals surface area contributed by atoms with Crippen molar-refractivity contribution in [3.8, 4) is 0 Å². The summed E-state index contributed by atoms with van der Waals surface area (Å²) in [7, 11) is 0. The first-order chi connectivity index (χ1) is 6.85. The van der Waals surface area contributed by atoms with Crippen LogP contribution in [0.5, 0.6) is 0 Å². The Balaban J connectivity index is 1.73. The molecular formula is C11H18N2O. The summed E-state index contributed by atoms with van der Waals surface area (Å²) >= 11 is 0. The number of hydrogen-bond donors (Lipinski definition) is 1. The van der Waals surface area contributed by atoms with Gasteiger partial charge in [-0.2, -0.15) is 0 Å². The molecule has 3 heteroatoms. The van der Waals surface area contributed by atoms with Crippen LogP contribution in [-0.2, 0) is 4.74 Å². The molecule has 3 nitrogen and oxygen atoms in total. The molecule has 1 heterocycles. The van der Waals surface area contributed by atoms with E-state index in [0.717, 1.165) is 13.2 Å². The first kappa shape index (κ1) is 9.71. The van der Waals surface area contributed by atoms with E-state index in [2.05, 4.69) is 4.99 Å². The third kappa shape index (κ3) is 1.98. The van der Waals surface area contributed by atoms with Crippen molar-refractivity contribution in [2.45, 2.75) is 31.8 Å². The molecule has 1 aliphatic heterocycles. The standard InChI is InChI=1S/C11H18N2O/c12-5-2-6-13-8-10-7-11(9-14-10)3-1-4-11/h2,5-6,10H,1,3-4,7-9,12H2/b5-2-,13-6?. The van der Waals surface area contributed by atoms with E-state index in [-0.39, 0.29) is 0 Å². The fourth-order valence-electron chi connectivity index (χ4n) is 2.33. The highest BCUT2D eigenvalue weighted by molar-refractivity contribution is 5.70. The van der Waals surface area contributed by atoms with Gasteiger partial charge in [0.25, 0.3) is 0 Å². The van der Waals surface area contributed by atoms with Gasteiger partial charge in [-0.3, -0.25) is 4.99 Å². The van der Waals surface area contributed by atoms with Crippen LogP contribution < -0.4 is 5.73 Å². The second-order valence-corrected chi connectivity index (χ2v) is 4.39. The van der Waals surface area contributed by atoms with Crippen molar-refractivity contribution >= 4 is 6.21 Å². The average Bonchev–Trinajstić information content (AvgIpc) is 2.56. The van der Waals surface area contributed by atoms with Crippen molar-refractivity contribution in [1.29, 1.82) is 0 Å². The van der Waals surface area contributed by atoms with Crippen LogP contribution >= 0.6 is 0 Å². The Hall–Kier alpha value is -0.830. The topological polar surface area (TPSA) is 47.6 Å². The Labute approximate surface area is 85.0 Å². The van der Waals surface area contributed by atoms with Gasteiger partial charge in [0.05, 0.1) is 19.3 Å². The van der Waals surface area contributed by atoms with E-state index in [9.17, 15) is 0 Å². The Kier molecular flexibility index (Phi) is 2.87. The van der Waals surface area contributed by atoms with Crippen molar-refractivity contribution in [1.82, 2.24) is 0 Å². The molecular weight excluding hydrogens is 176 g/mol. The van der Waals surface area contributed by atoms with Gasteiger partial charge in [0.15, 0.2) is 0 Å². The lowest BCUT2D eigenvalue weighted by Crippen LogP contribution is -2.29. The summed E-state index contributed by atoms with van der Waals surface area (Å²) in [6, 6.07) is 0. The van der Waals surface area contributed by atoms with Gasteiger partial charge in [-0.1, -0.05) is 6.42 Å². The molecule has 1 saturated heterocycles. The molecule has 0 aromatic heterocycles. The zero-order valence-electron chi connectivity index (χ0n) is 8.48. The molecule has 0 radical (unpaired) electrons. The van der Waals surface area contributed by atoms with Gasteiger partial charge in [-0.05, 0) is 37.0 Å². The molecule has 2 aliphatic rings. The van der Waals surface area contributed by atoms with Crippen LogP contribution in [0.1, 0.15) is 25.7 Å². The highest BCUT2D eigenvalue weighted by atomic mass is 16.5. The van der Waals surface area contributed by atoms with Crippen molar-refractivity contribution in [3.63, 3.8) is 0 Å². The van der Waals surface area contributed by atoms with Crippen LogP contribution in [0.25, 0.3) is 0 Å². The summed E-state index contributed by atoms with van der Waals surface area (Å²) in [6.07, 6.45) is 10.6. The lowest BCUT2D eigenvalue weighted by molar-refractivity contribution is 0.0717. The largest absolute Gasteiger partial charge is 0.405 e. The van der Waals surface area contributed by atoms with E-state index in [4.69, 9.17) is 10.5 Å². The Bertz CT molecular complexity index is 244. The second-order valence-electron chi connectivity index (χ2n) is 4.39. The molecule has 0 amide bonds. The van der Waals surface area contributed by atoms with Crippen LogP contribution in [0.3, 0.4) is 0 Å². The molecule has 1 saturated carbocycles. The molecule has 1 aliphatic carbocycles. The number of nitrogens with two attached hydrogens (primary N) is 1. The number of ether oxygens (including phenoxy) is 1. The number of hydrogen-bond acceptors (Lipinski definition) is 3. The average molecular weight is 194 g/mol. The summed E-state index contributed by atoms with van der Waals surface area (Å²) in [5.41, 5.74) is 5.74. The number of nitrogens with zero attached hydrogens (tertiary/aromatic N) is 1. The van der Waals surface area contributed by atoms with E-state index in [1.54, 1.807) is 12.3 Å². The zero-order chi connectivity index (χ0) is 9.86. The maximum absolute atomic E-state index is 5.72. The monoisotopic (exact) mass is 194 g/mol. The molecule has 0 aromatic rings. The van der Waals surface area contributed by atoms with Crippen molar-refractivity contribution in [3.05, 3.63) is 12.3 Å². The molecule has 78 valence electrons. The highest BCUT2D eigenvalue weighted by Gasteiger charge is 2.44. The summed E-state index contributed by atoms with van der Waals surface area (Å²) < 4.78 is 5.72. The molecule has 14 heavy (non-hydrogen) atoms. The summed E-state index contributed by atoms with van der Waals surface area (Å²) in [4.78, 5) is 4.25. The maximum atomic E-state index is 5.72. The summed E-state index contributed by atoms with van der Waals surface area (Å²) in [5, 5.41) is 0. The highest BCUT2D eigenvalue weighted by Crippen LogP contribution is 2.49. The molecule has 2 rings (SSSR count). The lowest BCUT2D eigenvalue weighted by Gasteiger charge is -2.36. The maximum Gasteiger partial charge on any atom is 0.0776 e. The van der Waals surface area contributed by atoms with E-state index in [0.29, 0.717) is 11.5 Å². The van der Waals surface area contributed by atoms with Crippen molar-refractivity contribution in [2.75, 3.05) is 13.2 Å². The Morgan fingerprint density at radius 1 is 1.50 bits per heavy atom. The van der Waals surface area contributed by atoms with E-state index in [1.807, 2.05) is 0 Å². The number of allylic oxidation sites excluding steroid dienone is 1. The minimum atomic E-state index is 0.345. The van der Waals surface area contributed by atoms with Crippen molar-refractivity contribution < 1.29 is 4.74 Å². The van der Waals surface area contributed by atoms with Crippen LogP contribution in [0.2, 0.25) is 0 Å². The van der Waals surface area contributed by atoms with Gasteiger partial charge in [0.1, 0.15) is 0 Å². The molecule has 1 atom stereocenters. The normalized spacial score (nSPS) is 30.4. The SMILES string of the molecule is N/C=C\C=NCC1CC2(CCC2)CO1. The number of aliphatic imine (C=N–C) groups is 1. The third-order valence-electron chi connectivity index (χ3n) is 3.31. The Morgan fingerprint density at radius 3 is 2.93 bits per heavy atom. The number of rotatable bonds is 3. The fraction of sp³-hybridized carbons (Fsp3) is 0.727. The van der Waals surface area contributed by atoms with Gasteiger partial charge in [-0.25, -0.2) is 0 Å². The van der Waals surface area contributed by atoms with E-state index < -0.39 is 0 Å². The molecule has 0 bridgehead atoms. The van der Waals surface area contributed by atoms with Crippen LogP contribution in [-0.4, -0.2) is 25.5 Å². The molecule has 2 N–H and O–H groups in total. The van der Waals surface area contributed by atoms with Gasteiger partial charge in [-0.15, -0.1) is 0 Å². The van der Waals surface area contributed by atoms with Gasteiger partial charge in [0, 0.05) is 6.21 Å². The smallest absolute Gasteiger partial charge is 0.0776 e. The minimum absolute atomic E-state index is 0.345. The van der Waals surface area contributed by atoms with Gasteiger partial charge >= 0.3 is 0 Å². The minimum Gasteiger partial charge on any atom is -0.405 e. The molecule has 1 spiro atoms. The van der Waals surface area contributed by atoms with E-state index in [1.165, 1.54) is 31.9 Å². The van der Waals surface area contributed by atoms with Gasteiger partial charge < -0.3 is 10.5 Å². The van der Waals surface area contributed by atoms with Gasteiger partial charge in [0.2, 0.25) is 0 Å². The molecule has 2 fully saturated rings. The van der Waals surface area contributed by atoms with Crippen molar-refractivity contribution in [2.24, 2.45) is 16.1 Å². The molecule has 0 aromatic carbocycles. The zero-order valence-corrected chi connectivity index (χ0v) is 8.48. The molecule has 1 unspecified atom stereocenters. The van der Waals surface area contributed by atoms with Crippen LogP contribution in [0.4, 0.5) is 0 Å². The first-order valence-corrected chi connectivity index (χ1v) is 5.33. The quantitative estimate of drug-likeness (QED) is 0.692.